The largest absolute Gasteiger partial charge is 0.418 e. The number of alkyl halides is 3. The summed E-state index contributed by atoms with van der Waals surface area (Å²) in [6, 6.07) is 14.5. The van der Waals surface area contributed by atoms with Gasteiger partial charge in [0, 0.05) is 26.2 Å². The summed E-state index contributed by atoms with van der Waals surface area (Å²) in [6.07, 6.45) is -4.53. The molecule has 2 aromatic carbocycles. The van der Waals surface area contributed by atoms with Gasteiger partial charge in [-0.25, -0.2) is 0 Å². The van der Waals surface area contributed by atoms with Crippen molar-refractivity contribution in [3.63, 3.8) is 0 Å². The second-order valence-electron chi connectivity index (χ2n) is 7.08. The van der Waals surface area contributed by atoms with Crippen LogP contribution in [0.15, 0.2) is 54.6 Å². The van der Waals surface area contributed by atoms with Gasteiger partial charge in [0.1, 0.15) is 0 Å². The van der Waals surface area contributed by atoms with Gasteiger partial charge in [0.25, 0.3) is 0 Å². The van der Waals surface area contributed by atoms with Crippen LogP contribution in [-0.4, -0.2) is 63.7 Å². The summed E-state index contributed by atoms with van der Waals surface area (Å²) >= 11 is 0. The number of amides is 1. The molecular formula is C20H20F3N7O. The van der Waals surface area contributed by atoms with Crippen LogP contribution < -0.4 is 10.2 Å². The third-order valence-corrected chi connectivity index (χ3v) is 4.98. The molecule has 8 nitrogen and oxygen atoms in total. The zero-order valence-electron chi connectivity index (χ0n) is 16.5. The highest BCUT2D eigenvalue weighted by atomic mass is 19.4. The lowest BCUT2D eigenvalue weighted by molar-refractivity contribution is -0.137. The van der Waals surface area contributed by atoms with Crippen molar-refractivity contribution in [2.24, 2.45) is 0 Å². The molecule has 1 N–H and O–H groups in total. The molecule has 4 rings (SSSR count). The first kappa shape index (κ1) is 20.8. The number of aromatic nitrogens is 4. The summed E-state index contributed by atoms with van der Waals surface area (Å²) in [5, 5.41) is 14.3. The van der Waals surface area contributed by atoms with Gasteiger partial charge in [-0.15, -0.1) is 0 Å². The molecule has 0 saturated carbocycles. The number of tetrazole rings is 1. The van der Waals surface area contributed by atoms with Crippen LogP contribution in [0.5, 0.6) is 0 Å². The number of hydrogen-bond donors (Lipinski definition) is 1. The molecule has 11 heteroatoms. The van der Waals surface area contributed by atoms with Crippen molar-refractivity contribution in [1.29, 1.82) is 0 Å². The van der Waals surface area contributed by atoms with E-state index in [1.807, 2.05) is 40.1 Å². The average Bonchev–Trinajstić information content (AvgIpc) is 3.24. The van der Waals surface area contributed by atoms with Gasteiger partial charge >= 0.3 is 6.18 Å². The Morgan fingerprint density at radius 3 is 2.35 bits per heavy atom. The summed E-state index contributed by atoms with van der Waals surface area (Å²) in [6.45, 7) is 2.27. The van der Waals surface area contributed by atoms with Crippen LogP contribution in [0, 0.1) is 0 Å². The molecule has 0 bridgehead atoms. The topological polar surface area (TPSA) is 79.2 Å². The number of benzene rings is 2. The molecule has 0 unspecified atom stereocenters. The van der Waals surface area contributed by atoms with Crippen molar-refractivity contribution >= 4 is 17.5 Å². The molecular weight excluding hydrogens is 411 g/mol. The minimum Gasteiger partial charge on any atom is -0.337 e. The van der Waals surface area contributed by atoms with Gasteiger partial charge in [-0.05, 0) is 34.7 Å². The lowest BCUT2D eigenvalue weighted by atomic mass is 10.1. The molecule has 31 heavy (non-hydrogen) atoms. The molecule has 1 fully saturated rings. The summed E-state index contributed by atoms with van der Waals surface area (Å²) in [5.74, 6) is 0.119. The van der Waals surface area contributed by atoms with E-state index in [0.29, 0.717) is 32.1 Å². The van der Waals surface area contributed by atoms with Crippen LogP contribution in [0.3, 0.4) is 0 Å². The first-order valence-electron chi connectivity index (χ1n) is 9.69. The van der Waals surface area contributed by atoms with Crippen molar-refractivity contribution < 1.29 is 18.0 Å². The summed E-state index contributed by atoms with van der Waals surface area (Å²) in [4.78, 5) is 16.2. The van der Waals surface area contributed by atoms with Crippen molar-refractivity contribution in [2.75, 3.05) is 42.9 Å². The van der Waals surface area contributed by atoms with Crippen LogP contribution in [0.25, 0.3) is 5.69 Å². The van der Waals surface area contributed by atoms with Gasteiger partial charge in [0.05, 0.1) is 23.5 Å². The Hall–Kier alpha value is -3.47. The van der Waals surface area contributed by atoms with Gasteiger partial charge < -0.3 is 10.2 Å². The molecule has 1 aliphatic heterocycles. The number of rotatable bonds is 5. The Balaban J connectivity index is 1.35. The number of carbonyl (C=O) groups excluding carboxylic acids is 1. The predicted octanol–water partition coefficient (Wildman–Crippen LogP) is 2.44. The first-order chi connectivity index (χ1) is 14.9. The number of nitrogens with zero attached hydrogens (tertiary/aromatic N) is 6. The van der Waals surface area contributed by atoms with Crippen LogP contribution in [-0.2, 0) is 11.0 Å². The molecule has 1 amide bonds. The van der Waals surface area contributed by atoms with Crippen LogP contribution in [0.1, 0.15) is 5.56 Å². The zero-order chi connectivity index (χ0) is 21.8. The molecule has 3 aromatic rings. The SMILES string of the molecule is O=C(CN1CCN(c2nnnn2-c2ccccc2)CC1)Nc1ccccc1C(F)(F)F. The first-order valence-corrected chi connectivity index (χ1v) is 9.69. The maximum absolute atomic E-state index is 13.1. The van der Waals surface area contributed by atoms with Crippen molar-refractivity contribution in [3.05, 3.63) is 60.2 Å². The quantitative estimate of drug-likeness (QED) is 0.669. The number of para-hydroxylation sites is 2. The summed E-state index contributed by atoms with van der Waals surface area (Å²) in [7, 11) is 0. The van der Waals surface area contributed by atoms with Crippen LogP contribution in [0.4, 0.5) is 24.8 Å². The van der Waals surface area contributed by atoms with Crippen molar-refractivity contribution in [3.8, 4) is 5.69 Å². The average molecular weight is 431 g/mol. The maximum Gasteiger partial charge on any atom is 0.418 e. The fourth-order valence-corrected chi connectivity index (χ4v) is 3.45. The van der Waals surface area contributed by atoms with E-state index in [1.54, 1.807) is 4.68 Å². The van der Waals surface area contributed by atoms with E-state index in [2.05, 4.69) is 20.8 Å². The minimum absolute atomic E-state index is 0.00363. The zero-order valence-corrected chi connectivity index (χ0v) is 16.5. The molecule has 1 saturated heterocycles. The fraction of sp³-hybridized carbons (Fsp3) is 0.300. The van der Waals surface area contributed by atoms with E-state index >= 15 is 0 Å². The van der Waals surface area contributed by atoms with E-state index < -0.39 is 17.6 Å². The van der Waals surface area contributed by atoms with Crippen LogP contribution in [0.2, 0.25) is 0 Å². The fourth-order valence-electron chi connectivity index (χ4n) is 3.45. The monoisotopic (exact) mass is 431 g/mol. The van der Waals surface area contributed by atoms with Gasteiger partial charge in [-0.2, -0.15) is 17.9 Å². The van der Waals surface area contributed by atoms with Crippen molar-refractivity contribution in [2.45, 2.75) is 6.18 Å². The predicted molar refractivity (Wildman–Crippen MR) is 108 cm³/mol. The lowest BCUT2D eigenvalue weighted by Crippen LogP contribution is -2.49. The molecule has 0 aliphatic carbocycles. The number of nitrogens with one attached hydrogen (secondary N) is 1. The Morgan fingerprint density at radius 2 is 1.65 bits per heavy atom. The highest BCUT2D eigenvalue weighted by Gasteiger charge is 2.33. The Kier molecular flexibility index (Phi) is 5.85. The maximum atomic E-state index is 13.1. The minimum atomic E-state index is -4.53. The molecule has 0 spiro atoms. The Labute approximate surface area is 176 Å². The molecule has 0 radical (unpaired) electrons. The van der Waals surface area contributed by atoms with Crippen molar-refractivity contribution in [1.82, 2.24) is 25.1 Å². The van der Waals surface area contributed by atoms with E-state index in [4.69, 9.17) is 0 Å². The van der Waals surface area contributed by atoms with Crippen LogP contribution >= 0.6 is 0 Å². The number of halogens is 3. The normalized spacial score (nSPS) is 15.1. The molecule has 162 valence electrons. The number of carbonyl (C=O) groups is 1. The molecule has 0 atom stereocenters. The highest BCUT2D eigenvalue weighted by Crippen LogP contribution is 2.34. The third-order valence-electron chi connectivity index (χ3n) is 4.98. The highest BCUT2D eigenvalue weighted by molar-refractivity contribution is 5.93. The van der Waals surface area contributed by atoms with Gasteiger partial charge in [-0.1, -0.05) is 35.4 Å². The van der Waals surface area contributed by atoms with E-state index in [0.717, 1.165) is 11.8 Å². The van der Waals surface area contributed by atoms with Gasteiger partial charge in [-0.3, -0.25) is 9.69 Å². The Bertz CT molecular complexity index is 1030. The smallest absolute Gasteiger partial charge is 0.337 e. The number of hydrogen-bond acceptors (Lipinski definition) is 6. The second kappa shape index (κ2) is 8.72. The van der Waals surface area contributed by atoms with E-state index in [-0.39, 0.29) is 12.2 Å². The lowest BCUT2D eigenvalue weighted by Gasteiger charge is -2.34. The standard InChI is InChI=1S/C20H20F3N7O/c21-20(22,23)16-8-4-5-9-17(16)24-18(31)14-28-10-12-29(13-11-28)19-25-26-27-30(19)15-6-2-1-3-7-15/h1-9H,10-14H2,(H,24,31). The molecule has 2 heterocycles. The van der Waals surface area contributed by atoms with E-state index in [1.165, 1.54) is 18.2 Å². The van der Waals surface area contributed by atoms with Gasteiger partial charge in [0.15, 0.2) is 0 Å². The molecule has 1 aromatic heterocycles. The van der Waals surface area contributed by atoms with Gasteiger partial charge in [0.2, 0.25) is 11.9 Å². The number of piperazine rings is 1. The van der Waals surface area contributed by atoms with E-state index in [9.17, 15) is 18.0 Å². The molecule has 1 aliphatic rings. The second-order valence-corrected chi connectivity index (χ2v) is 7.08. The summed E-state index contributed by atoms with van der Waals surface area (Å²) in [5.41, 5.74) is -0.255. The summed E-state index contributed by atoms with van der Waals surface area (Å²) < 4.78 is 41.0. The third kappa shape index (κ3) is 4.82. The Morgan fingerprint density at radius 1 is 0.968 bits per heavy atom. The number of anilines is 2.